The molecule has 2 aromatic carbocycles. The van der Waals surface area contributed by atoms with Gasteiger partial charge in [0.25, 0.3) is 0 Å². The summed E-state index contributed by atoms with van der Waals surface area (Å²) in [4.78, 5) is 12.1. The van der Waals surface area contributed by atoms with Crippen LogP contribution in [-0.2, 0) is 9.53 Å². The summed E-state index contributed by atoms with van der Waals surface area (Å²) in [5.74, 6) is -0.249. The molecule has 2 aromatic rings. The number of carbonyl (C=O) groups excluding carboxylic acids is 1. The van der Waals surface area contributed by atoms with Crippen LogP contribution in [0.4, 0.5) is 5.69 Å². The molecule has 3 heteroatoms. The molecule has 22 heavy (non-hydrogen) atoms. The Morgan fingerprint density at radius 1 is 1.05 bits per heavy atom. The van der Waals surface area contributed by atoms with Crippen LogP contribution in [0.15, 0.2) is 66.2 Å². The summed E-state index contributed by atoms with van der Waals surface area (Å²) in [5.41, 5.74) is 2.73. The van der Waals surface area contributed by atoms with Crippen LogP contribution in [0.1, 0.15) is 18.9 Å². The van der Waals surface area contributed by atoms with E-state index < -0.39 is 0 Å². The van der Waals surface area contributed by atoms with Crippen molar-refractivity contribution in [2.45, 2.75) is 13.3 Å². The molecule has 0 radical (unpaired) electrons. The Hall–Kier alpha value is -2.55. The minimum absolute atomic E-state index is 0.249. The lowest BCUT2D eigenvalue weighted by Crippen LogP contribution is -2.12. The molecule has 0 bridgehead atoms. The average molecular weight is 295 g/mol. The van der Waals surface area contributed by atoms with Crippen LogP contribution in [0.2, 0.25) is 0 Å². The maximum Gasteiger partial charge on any atom is 0.334 e. The van der Waals surface area contributed by atoms with Crippen molar-refractivity contribution in [1.29, 1.82) is 0 Å². The Bertz CT molecular complexity index is 606. The zero-order chi connectivity index (χ0) is 15.6. The third kappa shape index (κ3) is 5.09. The molecule has 0 unspecified atom stereocenters. The minimum Gasteiger partial charge on any atom is -0.463 e. The van der Waals surface area contributed by atoms with Gasteiger partial charge in [-0.15, -0.1) is 0 Å². The minimum atomic E-state index is -0.249. The molecule has 0 spiro atoms. The van der Waals surface area contributed by atoms with Gasteiger partial charge >= 0.3 is 5.97 Å². The number of nitrogens with one attached hydrogen (secondary N) is 1. The van der Waals surface area contributed by atoms with Gasteiger partial charge in [0.15, 0.2) is 0 Å². The van der Waals surface area contributed by atoms with Gasteiger partial charge in [-0.05, 0) is 37.1 Å². The fourth-order valence-corrected chi connectivity index (χ4v) is 2.10. The van der Waals surface area contributed by atoms with Crippen LogP contribution < -0.4 is 5.32 Å². The molecule has 0 aliphatic heterocycles. The van der Waals surface area contributed by atoms with E-state index in [1.165, 1.54) is 0 Å². The van der Waals surface area contributed by atoms with Crippen molar-refractivity contribution in [3.63, 3.8) is 0 Å². The van der Waals surface area contributed by atoms with Gasteiger partial charge in [-0.2, -0.15) is 0 Å². The molecular weight excluding hydrogens is 274 g/mol. The first-order chi connectivity index (χ1) is 10.8. The zero-order valence-corrected chi connectivity index (χ0v) is 12.8. The Kier molecular flexibility index (Phi) is 6.24. The number of hydrogen-bond donors (Lipinski definition) is 1. The second-order valence-electron chi connectivity index (χ2n) is 4.84. The summed E-state index contributed by atoms with van der Waals surface area (Å²) < 4.78 is 5.14. The van der Waals surface area contributed by atoms with Crippen LogP contribution >= 0.6 is 0 Å². The molecule has 0 amide bonds. The molecule has 2 rings (SSSR count). The van der Waals surface area contributed by atoms with Crippen molar-refractivity contribution >= 4 is 17.7 Å². The van der Waals surface area contributed by atoms with Gasteiger partial charge in [-0.3, -0.25) is 0 Å². The number of esters is 1. The van der Waals surface area contributed by atoms with Crippen LogP contribution in [0, 0.1) is 0 Å². The smallest absolute Gasteiger partial charge is 0.334 e. The van der Waals surface area contributed by atoms with E-state index in [-0.39, 0.29) is 5.97 Å². The topological polar surface area (TPSA) is 38.3 Å². The first-order valence-corrected chi connectivity index (χ1v) is 7.51. The largest absolute Gasteiger partial charge is 0.463 e. The van der Waals surface area contributed by atoms with Gasteiger partial charge in [0.1, 0.15) is 0 Å². The van der Waals surface area contributed by atoms with Crippen LogP contribution in [0.3, 0.4) is 0 Å². The first-order valence-electron chi connectivity index (χ1n) is 7.51. The van der Waals surface area contributed by atoms with Gasteiger partial charge in [-0.25, -0.2) is 4.79 Å². The van der Waals surface area contributed by atoms with E-state index >= 15 is 0 Å². The third-order valence-corrected chi connectivity index (χ3v) is 3.18. The normalized spacial score (nSPS) is 11.0. The van der Waals surface area contributed by atoms with Crippen molar-refractivity contribution in [2.75, 3.05) is 18.5 Å². The second-order valence-corrected chi connectivity index (χ2v) is 4.84. The van der Waals surface area contributed by atoms with Crippen molar-refractivity contribution in [1.82, 2.24) is 0 Å². The van der Waals surface area contributed by atoms with E-state index in [1.807, 2.05) is 73.7 Å². The fourth-order valence-electron chi connectivity index (χ4n) is 2.10. The average Bonchev–Trinajstić information content (AvgIpc) is 2.56. The first kappa shape index (κ1) is 15.8. The molecule has 0 atom stereocenters. The predicted octanol–water partition coefficient (Wildman–Crippen LogP) is 4.14. The number of anilines is 1. The molecule has 114 valence electrons. The van der Waals surface area contributed by atoms with Crippen LogP contribution in [-0.4, -0.2) is 19.1 Å². The number of benzene rings is 2. The second kappa shape index (κ2) is 8.67. The molecule has 0 heterocycles. The summed E-state index contributed by atoms with van der Waals surface area (Å²) in [5, 5.41) is 3.31. The number of hydrogen-bond acceptors (Lipinski definition) is 3. The molecule has 0 aromatic heterocycles. The lowest BCUT2D eigenvalue weighted by Gasteiger charge is -2.09. The maximum atomic E-state index is 12.1. The summed E-state index contributed by atoms with van der Waals surface area (Å²) in [7, 11) is 0. The Balaban J connectivity index is 2.02. The number of para-hydroxylation sites is 1. The quantitative estimate of drug-likeness (QED) is 0.616. The lowest BCUT2D eigenvalue weighted by atomic mass is 10.1. The molecule has 1 N–H and O–H groups in total. The van der Waals surface area contributed by atoms with E-state index in [4.69, 9.17) is 4.74 Å². The molecular formula is C19H21NO2. The highest BCUT2D eigenvalue weighted by Gasteiger charge is 2.10. The molecule has 0 aliphatic rings. The predicted molar refractivity (Wildman–Crippen MR) is 90.6 cm³/mol. The Labute approximate surface area is 131 Å². The van der Waals surface area contributed by atoms with Crippen LogP contribution in [0.5, 0.6) is 0 Å². The summed E-state index contributed by atoms with van der Waals surface area (Å²) >= 11 is 0. The highest BCUT2D eigenvalue weighted by atomic mass is 16.5. The molecule has 0 saturated heterocycles. The fraction of sp³-hybridized carbons (Fsp3) is 0.211. The van der Waals surface area contributed by atoms with Crippen molar-refractivity contribution in [2.24, 2.45) is 0 Å². The van der Waals surface area contributed by atoms with Gasteiger partial charge in [0.05, 0.1) is 6.61 Å². The Morgan fingerprint density at radius 2 is 1.68 bits per heavy atom. The van der Waals surface area contributed by atoms with E-state index in [1.54, 1.807) is 0 Å². The van der Waals surface area contributed by atoms with Gasteiger partial charge < -0.3 is 10.1 Å². The SMILES string of the molecule is CCOC(=O)/C(=C/c1ccccc1)CCNc1ccccc1. The molecule has 3 nitrogen and oxygen atoms in total. The summed E-state index contributed by atoms with van der Waals surface area (Å²) in [6.45, 7) is 2.89. The van der Waals surface area contributed by atoms with Crippen molar-refractivity contribution in [3.05, 3.63) is 71.8 Å². The number of ether oxygens (including phenoxy) is 1. The van der Waals surface area contributed by atoms with E-state index in [0.717, 1.165) is 11.3 Å². The summed E-state index contributed by atoms with van der Waals surface area (Å²) in [6.07, 6.45) is 2.51. The summed E-state index contributed by atoms with van der Waals surface area (Å²) in [6, 6.07) is 19.8. The molecule has 0 saturated carbocycles. The highest BCUT2D eigenvalue weighted by Crippen LogP contribution is 2.13. The van der Waals surface area contributed by atoms with Crippen LogP contribution in [0.25, 0.3) is 6.08 Å². The monoisotopic (exact) mass is 295 g/mol. The maximum absolute atomic E-state index is 12.1. The van der Waals surface area contributed by atoms with E-state index in [0.29, 0.717) is 25.1 Å². The van der Waals surface area contributed by atoms with E-state index in [2.05, 4.69) is 5.32 Å². The van der Waals surface area contributed by atoms with Gasteiger partial charge in [-0.1, -0.05) is 48.5 Å². The zero-order valence-electron chi connectivity index (χ0n) is 12.8. The number of rotatable bonds is 7. The van der Waals surface area contributed by atoms with Crippen molar-refractivity contribution in [3.8, 4) is 0 Å². The lowest BCUT2D eigenvalue weighted by molar-refractivity contribution is -0.138. The molecule has 0 fully saturated rings. The third-order valence-electron chi connectivity index (χ3n) is 3.18. The Morgan fingerprint density at radius 3 is 2.32 bits per heavy atom. The van der Waals surface area contributed by atoms with Gasteiger partial charge in [0.2, 0.25) is 0 Å². The van der Waals surface area contributed by atoms with Crippen molar-refractivity contribution < 1.29 is 9.53 Å². The molecule has 0 aliphatic carbocycles. The van der Waals surface area contributed by atoms with E-state index in [9.17, 15) is 4.79 Å². The highest BCUT2D eigenvalue weighted by molar-refractivity contribution is 5.93. The standard InChI is InChI=1S/C19H21NO2/c1-2-22-19(21)17(15-16-9-5-3-6-10-16)13-14-20-18-11-7-4-8-12-18/h3-12,15,20H,2,13-14H2,1H3/b17-15+. The van der Waals surface area contributed by atoms with Gasteiger partial charge in [0, 0.05) is 17.8 Å². The number of carbonyl (C=O) groups is 1.